The lowest BCUT2D eigenvalue weighted by Gasteiger charge is -2.37. The Kier molecular flexibility index (Phi) is 6.04. The first-order valence-corrected chi connectivity index (χ1v) is 9.06. The van der Waals surface area contributed by atoms with E-state index in [1.165, 1.54) is 0 Å². The molecule has 2 fully saturated rings. The molecule has 6 heteroatoms. The molecule has 0 spiro atoms. The van der Waals surface area contributed by atoms with Gasteiger partial charge in [0.1, 0.15) is 0 Å². The maximum absolute atomic E-state index is 12.5. The number of hydrogen-bond donors (Lipinski definition) is 1. The molecule has 2 aliphatic rings. The van der Waals surface area contributed by atoms with Crippen LogP contribution in [0.2, 0.25) is 0 Å². The minimum Gasteiger partial charge on any atom is -0.378 e. The van der Waals surface area contributed by atoms with Gasteiger partial charge in [-0.3, -0.25) is 9.59 Å². The van der Waals surface area contributed by atoms with Gasteiger partial charge in [0.2, 0.25) is 5.91 Å². The molecule has 0 bridgehead atoms. The van der Waals surface area contributed by atoms with Gasteiger partial charge in [0.05, 0.1) is 13.2 Å². The lowest BCUT2D eigenvalue weighted by molar-refractivity contribution is -0.134. The summed E-state index contributed by atoms with van der Waals surface area (Å²) >= 11 is 0. The lowest BCUT2D eigenvalue weighted by Crippen LogP contribution is -2.49. The van der Waals surface area contributed by atoms with E-state index >= 15 is 0 Å². The van der Waals surface area contributed by atoms with Crippen LogP contribution in [0.5, 0.6) is 0 Å². The van der Waals surface area contributed by atoms with E-state index in [-0.39, 0.29) is 23.9 Å². The van der Waals surface area contributed by atoms with Crippen molar-refractivity contribution in [1.29, 1.82) is 0 Å². The number of benzene rings is 1. The molecule has 1 aromatic rings. The van der Waals surface area contributed by atoms with Crippen LogP contribution in [-0.4, -0.2) is 73.6 Å². The number of carbonyl (C=O) groups excluding carboxylic acids is 2. The first-order chi connectivity index (χ1) is 12.1. The van der Waals surface area contributed by atoms with Crippen molar-refractivity contribution >= 4 is 11.8 Å². The fourth-order valence-electron chi connectivity index (χ4n) is 3.53. The van der Waals surface area contributed by atoms with E-state index in [1.807, 2.05) is 47.2 Å². The van der Waals surface area contributed by atoms with Gasteiger partial charge in [-0.25, -0.2) is 0 Å². The van der Waals surface area contributed by atoms with Gasteiger partial charge in [0.25, 0.3) is 5.91 Å². The fourth-order valence-corrected chi connectivity index (χ4v) is 3.53. The van der Waals surface area contributed by atoms with Gasteiger partial charge in [-0.05, 0) is 25.0 Å². The van der Waals surface area contributed by atoms with Crippen LogP contribution in [-0.2, 0) is 9.53 Å². The average Bonchev–Trinajstić information content (AvgIpc) is 2.68. The molecule has 1 atom stereocenters. The number of nitrogens with zero attached hydrogens (tertiary/aromatic N) is 2. The molecule has 0 saturated carbocycles. The van der Waals surface area contributed by atoms with E-state index in [2.05, 4.69) is 5.32 Å². The van der Waals surface area contributed by atoms with Crippen molar-refractivity contribution in [1.82, 2.24) is 15.1 Å². The van der Waals surface area contributed by atoms with Gasteiger partial charge >= 0.3 is 0 Å². The zero-order chi connectivity index (χ0) is 17.6. The molecule has 6 nitrogen and oxygen atoms in total. The SMILES string of the molecule is CN(C(=O)CC1COCCN1)C1CCN(C(=O)c2ccccc2)CC1. The average molecular weight is 345 g/mol. The number of ether oxygens (including phenoxy) is 1. The standard InChI is InChI=1S/C19H27N3O3/c1-21(18(23)13-16-14-25-12-9-20-16)17-7-10-22(11-8-17)19(24)15-5-3-2-4-6-15/h2-6,16-17,20H,7-14H2,1H3. The maximum atomic E-state index is 12.5. The van der Waals surface area contributed by atoms with Crippen LogP contribution in [0, 0.1) is 0 Å². The van der Waals surface area contributed by atoms with Crippen LogP contribution in [0.25, 0.3) is 0 Å². The van der Waals surface area contributed by atoms with Crippen molar-refractivity contribution in [3.05, 3.63) is 35.9 Å². The second kappa shape index (κ2) is 8.45. The van der Waals surface area contributed by atoms with Crippen molar-refractivity contribution in [2.75, 3.05) is 39.9 Å². The molecule has 3 rings (SSSR count). The molecule has 2 heterocycles. The summed E-state index contributed by atoms with van der Waals surface area (Å²) < 4.78 is 5.41. The van der Waals surface area contributed by atoms with Crippen LogP contribution >= 0.6 is 0 Å². The van der Waals surface area contributed by atoms with Crippen molar-refractivity contribution in [3.63, 3.8) is 0 Å². The summed E-state index contributed by atoms with van der Waals surface area (Å²) in [5.41, 5.74) is 0.730. The second-order valence-electron chi connectivity index (χ2n) is 6.82. The molecule has 136 valence electrons. The molecule has 1 unspecified atom stereocenters. The van der Waals surface area contributed by atoms with Crippen LogP contribution in [0.4, 0.5) is 0 Å². The number of piperidine rings is 1. The zero-order valence-electron chi connectivity index (χ0n) is 14.8. The Hall–Kier alpha value is -1.92. The highest BCUT2D eigenvalue weighted by Gasteiger charge is 2.29. The summed E-state index contributed by atoms with van der Waals surface area (Å²) in [6.45, 7) is 3.52. The minimum absolute atomic E-state index is 0.0802. The topological polar surface area (TPSA) is 61.9 Å². The summed E-state index contributed by atoms with van der Waals surface area (Å²) in [4.78, 5) is 28.7. The first kappa shape index (κ1) is 17.9. The highest BCUT2D eigenvalue weighted by molar-refractivity contribution is 5.94. The molecule has 0 radical (unpaired) electrons. The predicted octanol–water partition coefficient (Wildman–Crippen LogP) is 1.13. The number of nitrogens with one attached hydrogen (secondary N) is 1. The molecule has 0 aliphatic carbocycles. The van der Waals surface area contributed by atoms with Gasteiger partial charge in [-0.2, -0.15) is 0 Å². The van der Waals surface area contributed by atoms with E-state index in [4.69, 9.17) is 4.74 Å². The molecule has 1 aromatic carbocycles. The van der Waals surface area contributed by atoms with Crippen molar-refractivity contribution in [2.45, 2.75) is 31.3 Å². The summed E-state index contributed by atoms with van der Waals surface area (Å²) in [6.07, 6.45) is 2.13. The van der Waals surface area contributed by atoms with Crippen LogP contribution in [0.1, 0.15) is 29.6 Å². The Balaban J connectivity index is 1.47. The van der Waals surface area contributed by atoms with Crippen LogP contribution in [0.3, 0.4) is 0 Å². The van der Waals surface area contributed by atoms with E-state index in [9.17, 15) is 9.59 Å². The van der Waals surface area contributed by atoms with Crippen molar-refractivity contribution in [2.24, 2.45) is 0 Å². The summed E-state index contributed by atoms with van der Waals surface area (Å²) in [5.74, 6) is 0.229. The van der Waals surface area contributed by atoms with Gasteiger partial charge in [0, 0.05) is 50.7 Å². The molecule has 2 amide bonds. The minimum atomic E-state index is 0.0802. The van der Waals surface area contributed by atoms with Crippen molar-refractivity contribution < 1.29 is 14.3 Å². The Morgan fingerprint density at radius 2 is 1.96 bits per heavy atom. The Bertz CT molecular complexity index is 579. The first-order valence-electron chi connectivity index (χ1n) is 9.06. The maximum Gasteiger partial charge on any atom is 0.253 e. The van der Waals surface area contributed by atoms with Crippen LogP contribution < -0.4 is 5.32 Å². The smallest absolute Gasteiger partial charge is 0.253 e. The molecule has 2 aliphatic heterocycles. The molecule has 0 aromatic heterocycles. The van der Waals surface area contributed by atoms with E-state index < -0.39 is 0 Å². The second-order valence-corrected chi connectivity index (χ2v) is 6.82. The third kappa shape index (κ3) is 4.58. The number of hydrogen-bond acceptors (Lipinski definition) is 4. The summed E-state index contributed by atoms with van der Waals surface area (Å²) in [5, 5.41) is 3.32. The van der Waals surface area contributed by atoms with E-state index in [0.717, 1.165) is 24.9 Å². The van der Waals surface area contributed by atoms with Gasteiger partial charge < -0.3 is 19.9 Å². The zero-order valence-corrected chi connectivity index (χ0v) is 14.8. The van der Waals surface area contributed by atoms with Gasteiger partial charge in [0.15, 0.2) is 0 Å². The Morgan fingerprint density at radius 1 is 1.24 bits per heavy atom. The molecular weight excluding hydrogens is 318 g/mol. The highest BCUT2D eigenvalue weighted by atomic mass is 16.5. The third-order valence-electron chi connectivity index (χ3n) is 5.13. The Morgan fingerprint density at radius 3 is 2.60 bits per heavy atom. The van der Waals surface area contributed by atoms with Crippen molar-refractivity contribution in [3.8, 4) is 0 Å². The molecule has 25 heavy (non-hydrogen) atoms. The third-order valence-corrected chi connectivity index (χ3v) is 5.13. The van der Waals surface area contributed by atoms with E-state index in [0.29, 0.717) is 32.7 Å². The molecular formula is C19H27N3O3. The number of rotatable bonds is 4. The number of morpholine rings is 1. The summed E-state index contributed by atoms with van der Waals surface area (Å²) in [6, 6.07) is 9.70. The Labute approximate surface area is 149 Å². The molecule has 2 saturated heterocycles. The normalized spacial score (nSPS) is 21.8. The number of likely N-dealkylation sites (tertiary alicyclic amines) is 1. The lowest BCUT2D eigenvalue weighted by atomic mass is 10.0. The van der Waals surface area contributed by atoms with E-state index in [1.54, 1.807) is 0 Å². The number of amides is 2. The monoisotopic (exact) mass is 345 g/mol. The van der Waals surface area contributed by atoms with Gasteiger partial charge in [-0.1, -0.05) is 18.2 Å². The summed E-state index contributed by atoms with van der Waals surface area (Å²) in [7, 11) is 1.88. The predicted molar refractivity (Wildman–Crippen MR) is 95.4 cm³/mol. The number of carbonyl (C=O) groups is 2. The van der Waals surface area contributed by atoms with Gasteiger partial charge in [-0.15, -0.1) is 0 Å². The molecule has 1 N–H and O–H groups in total. The fraction of sp³-hybridized carbons (Fsp3) is 0.579. The quantitative estimate of drug-likeness (QED) is 0.889. The highest BCUT2D eigenvalue weighted by Crippen LogP contribution is 2.18. The largest absolute Gasteiger partial charge is 0.378 e. The van der Waals surface area contributed by atoms with Crippen LogP contribution in [0.15, 0.2) is 30.3 Å².